The van der Waals surface area contributed by atoms with E-state index in [1.807, 2.05) is 30.3 Å². The van der Waals surface area contributed by atoms with E-state index in [0.717, 1.165) is 31.2 Å². The van der Waals surface area contributed by atoms with Crippen LogP contribution < -0.4 is 22.5 Å². The van der Waals surface area contributed by atoms with Crippen LogP contribution in [0.3, 0.4) is 0 Å². The number of carboxylic acid groups (broad SMARTS) is 1. The zero-order valence-electron chi connectivity index (χ0n) is 18.4. The molecule has 0 heterocycles. The summed E-state index contributed by atoms with van der Waals surface area (Å²) < 4.78 is 0. The minimum Gasteiger partial charge on any atom is -0.481 e. The van der Waals surface area contributed by atoms with E-state index in [4.69, 9.17) is 22.3 Å². The standard InChI is InChI=1S/C22H34N4O5.ClH/c1-2-3-7-12-22(25,15-9-5-4-6-10-15)13-8-11-17(27)19(20(24)30)26-21(31)16(23)14-18(28)29;/h4-6,9-10,16,19H,2-3,7-8,11-14,23,25H2,1H3,(H2,24,30)(H,26,31)(H,28,29);1H/t16-,19-,22?;/m0./s1. The number of carbonyl (C=O) groups excluding carboxylic acids is 3. The van der Waals surface area contributed by atoms with E-state index in [1.54, 1.807) is 0 Å². The minimum atomic E-state index is -1.56. The van der Waals surface area contributed by atoms with Gasteiger partial charge < -0.3 is 27.6 Å². The highest BCUT2D eigenvalue weighted by molar-refractivity contribution is 6.07. The van der Waals surface area contributed by atoms with Crippen molar-refractivity contribution in [1.29, 1.82) is 0 Å². The maximum Gasteiger partial charge on any atom is 0.305 e. The summed E-state index contributed by atoms with van der Waals surface area (Å²) in [5, 5.41) is 10.9. The molecule has 0 bridgehead atoms. The molecule has 9 nitrogen and oxygen atoms in total. The van der Waals surface area contributed by atoms with Crippen molar-refractivity contribution in [3.05, 3.63) is 35.9 Å². The number of Topliss-reactive ketones (excluding diaryl/α,β-unsaturated/α-hetero) is 1. The van der Waals surface area contributed by atoms with Gasteiger partial charge in [-0.25, -0.2) is 0 Å². The average molecular weight is 471 g/mol. The molecule has 1 aromatic rings. The third kappa shape index (κ3) is 9.76. The number of aliphatic carboxylic acids is 1. The van der Waals surface area contributed by atoms with Crippen LogP contribution in [0.4, 0.5) is 0 Å². The Morgan fingerprint density at radius 3 is 2.19 bits per heavy atom. The van der Waals surface area contributed by atoms with Gasteiger partial charge in [0.05, 0.1) is 12.5 Å². The molecule has 0 radical (unpaired) electrons. The van der Waals surface area contributed by atoms with Gasteiger partial charge in [0.15, 0.2) is 11.8 Å². The molecule has 0 saturated carbocycles. The molecule has 0 aliphatic carbocycles. The summed E-state index contributed by atoms with van der Waals surface area (Å²) in [6.45, 7) is 2.11. The molecule has 3 atom stereocenters. The van der Waals surface area contributed by atoms with Crippen LogP contribution in [0.2, 0.25) is 0 Å². The van der Waals surface area contributed by atoms with Gasteiger partial charge in [-0.2, -0.15) is 0 Å². The SMILES string of the molecule is CCCCCC(N)(CCCC(=O)[C@H](NC(=O)[C@@H](N)CC(=O)O)C(N)=O)c1ccccc1.Cl. The Kier molecular flexibility index (Phi) is 13.4. The predicted octanol–water partition coefficient (Wildman–Crippen LogP) is 1.35. The molecule has 0 aliphatic heterocycles. The van der Waals surface area contributed by atoms with E-state index in [9.17, 15) is 19.2 Å². The first-order chi connectivity index (χ1) is 14.6. The summed E-state index contributed by atoms with van der Waals surface area (Å²) in [5.41, 5.74) is 17.8. The molecule has 180 valence electrons. The molecule has 32 heavy (non-hydrogen) atoms. The highest BCUT2D eigenvalue weighted by Crippen LogP contribution is 2.30. The Labute approximate surface area is 194 Å². The van der Waals surface area contributed by atoms with Crippen LogP contribution in [0.5, 0.6) is 0 Å². The molecule has 0 aromatic heterocycles. The number of unbranched alkanes of at least 4 members (excludes halogenated alkanes) is 2. The highest BCUT2D eigenvalue weighted by atomic mass is 35.5. The monoisotopic (exact) mass is 470 g/mol. The Bertz CT molecular complexity index is 762. The fourth-order valence-corrected chi connectivity index (χ4v) is 3.44. The molecule has 0 aliphatic rings. The van der Waals surface area contributed by atoms with Crippen molar-refractivity contribution >= 4 is 36.0 Å². The zero-order valence-corrected chi connectivity index (χ0v) is 19.2. The second kappa shape index (κ2) is 14.5. The van der Waals surface area contributed by atoms with Crippen LogP contribution >= 0.6 is 12.4 Å². The lowest BCUT2D eigenvalue weighted by Crippen LogP contribution is -2.54. The molecule has 1 unspecified atom stereocenters. The second-order valence-corrected chi connectivity index (χ2v) is 7.85. The predicted molar refractivity (Wildman–Crippen MR) is 124 cm³/mol. The number of amides is 2. The molecule has 10 heteroatoms. The van der Waals surface area contributed by atoms with Crippen molar-refractivity contribution in [2.24, 2.45) is 17.2 Å². The Morgan fingerprint density at radius 1 is 1.06 bits per heavy atom. The Hall–Kier alpha value is -2.49. The van der Waals surface area contributed by atoms with Gasteiger partial charge in [-0.3, -0.25) is 19.2 Å². The lowest BCUT2D eigenvalue weighted by Gasteiger charge is -2.30. The van der Waals surface area contributed by atoms with E-state index < -0.39 is 47.6 Å². The maximum atomic E-state index is 12.5. The number of hydrogen-bond donors (Lipinski definition) is 5. The number of halogens is 1. The molecule has 0 fully saturated rings. The van der Waals surface area contributed by atoms with E-state index in [-0.39, 0.29) is 18.8 Å². The maximum absolute atomic E-state index is 12.5. The summed E-state index contributed by atoms with van der Waals surface area (Å²) in [6.07, 6.45) is 4.11. The van der Waals surface area contributed by atoms with Crippen LogP contribution in [0, 0.1) is 0 Å². The third-order valence-corrected chi connectivity index (χ3v) is 5.25. The first-order valence-corrected chi connectivity index (χ1v) is 10.5. The Balaban J connectivity index is 0.00000961. The van der Waals surface area contributed by atoms with Crippen LogP contribution in [0.15, 0.2) is 30.3 Å². The van der Waals surface area contributed by atoms with Gasteiger partial charge in [0, 0.05) is 12.0 Å². The van der Waals surface area contributed by atoms with Crippen LogP contribution in [0.25, 0.3) is 0 Å². The van der Waals surface area contributed by atoms with Crippen molar-refractivity contribution in [2.75, 3.05) is 0 Å². The quantitative estimate of drug-likeness (QED) is 0.189. The number of carbonyl (C=O) groups is 4. The van der Waals surface area contributed by atoms with Crippen molar-refractivity contribution < 1.29 is 24.3 Å². The van der Waals surface area contributed by atoms with E-state index in [2.05, 4.69) is 12.2 Å². The van der Waals surface area contributed by atoms with Gasteiger partial charge in [-0.05, 0) is 24.8 Å². The van der Waals surface area contributed by atoms with Gasteiger partial charge in [-0.1, -0.05) is 56.5 Å². The van der Waals surface area contributed by atoms with Gasteiger partial charge in [0.2, 0.25) is 11.8 Å². The van der Waals surface area contributed by atoms with Crippen molar-refractivity contribution in [1.82, 2.24) is 5.32 Å². The van der Waals surface area contributed by atoms with E-state index in [1.165, 1.54) is 0 Å². The fourth-order valence-electron chi connectivity index (χ4n) is 3.44. The van der Waals surface area contributed by atoms with Gasteiger partial charge >= 0.3 is 5.97 Å². The molecular formula is C22H35ClN4O5. The molecule has 8 N–H and O–H groups in total. The number of hydrogen-bond acceptors (Lipinski definition) is 6. The number of primary amides is 1. The fraction of sp³-hybridized carbons (Fsp3) is 0.545. The summed E-state index contributed by atoms with van der Waals surface area (Å²) >= 11 is 0. The smallest absolute Gasteiger partial charge is 0.305 e. The van der Waals surface area contributed by atoms with Crippen molar-refractivity contribution in [2.45, 2.75) is 75.9 Å². The van der Waals surface area contributed by atoms with E-state index in [0.29, 0.717) is 12.8 Å². The first-order valence-electron chi connectivity index (χ1n) is 10.5. The minimum absolute atomic E-state index is 0. The molecule has 1 aromatic carbocycles. The lowest BCUT2D eigenvalue weighted by atomic mass is 9.81. The summed E-state index contributed by atoms with van der Waals surface area (Å²) in [4.78, 5) is 46.9. The van der Waals surface area contributed by atoms with Crippen molar-refractivity contribution in [3.8, 4) is 0 Å². The average Bonchev–Trinajstić information content (AvgIpc) is 2.71. The first kappa shape index (κ1) is 29.5. The number of nitrogens with one attached hydrogen (secondary N) is 1. The highest BCUT2D eigenvalue weighted by Gasteiger charge is 2.30. The summed E-state index contributed by atoms with van der Waals surface area (Å²) in [5.74, 6) is -3.78. The molecule has 0 saturated heterocycles. The zero-order chi connectivity index (χ0) is 23.4. The largest absolute Gasteiger partial charge is 0.481 e. The van der Waals surface area contributed by atoms with Crippen LogP contribution in [-0.4, -0.2) is 40.8 Å². The summed E-state index contributed by atoms with van der Waals surface area (Å²) in [7, 11) is 0. The molecule has 2 amide bonds. The normalized spacial score (nSPS) is 14.3. The third-order valence-electron chi connectivity index (χ3n) is 5.25. The van der Waals surface area contributed by atoms with E-state index >= 15 is 0 Å². The number of carboxylic acids is 1. The number of benzene rings is 1. The van der Waals surface area contributed by atoms with Crippen LogP contribution in [-0.2, 0) is 24.7 Å². The molecular weight excluding hydrogens is 436 g/mol. The second-order valence-electron chi connectivity index (χ2n) is 7.85. The Morgan fingerprint density at radius 2 is 1.66 bits per heavy atom. The molecule has 0 spiro atoms. The number of rotatable bonds is 15. The van der Waals surface area contributed by atoms with Gasteiger partial charge in [0.1, 0.15) is 0 Å². The molecule has 1 rings (SSSR count). The van der Waals surface area contributed by atoms with Crippen molar-refractivity contribution in [3.63, 3.8) is 0 Å². The van der Waals surface area contributed by atoms with Gasteiger partial charge in [-0.15, -0.1) is 12.4 Å². The summed E-state index contributed by atoms with van der Waals surface area (Å²) in [6, 6.07) is 6.72. The number of nitrogens with two attached hydrogens (primary N) is 3. The topological polar surface area (TPSA) is 179 Å². The number of ketones is 1. The van der Waals surface area contributed by atoms with Gasteiger partial charge in [0.25, 0.3) is 0 Å². The lowest BCUT2D eigenvalue weighted by molar-refractivity contribution is -0.140. The van der Waals surface area contributed by atoms with Crippen LogP contribution in [0.1, 0.15) is 63.9 Å².